The number of hydrogen-bond acceptors (Lipinski definition) is 8. The molecule has 1 aliphatic rings. The van der Waals surface area contributed by atoms with E-state index in [0.717, 1.165) is 0 Å². The van der Waals surface area contributed by atoms with Crippen LogP contribution in [0.15, 0.2) is 0 Å². The number of carboxylic acids is 2. The van der Waals surface area contributed by atoms with Crippen LogP contribution in [0.3, 0.4) is 0 Å². The Labute approximate surface area is 195 Å². The van der Waals surface area contributed by atoms with E-state index in [1.807, 2.05) is 12.5 Å². The third kappa shape index (κ3) is 8.87. The van der Waals surface area contributed by atoms with Crippen molar-refractivity contribution in [1.29, 1.82) is 0 Å². The number of hydrogen-bond donors (Lipinski definition) is 5. The van der Waals surface area contributed by atoms with Gasteiger partial charge in [0, 0.05) is 6.54 Å². The van der Waals surface area contributed by atoms with Gasteiger partial charge in [-0.05, 0) is 49.7 Å². The van der Waals surface area contributed by atoms with E-state index in [0.29, 0.717) is 37.2 Å². The third-order valence-electron chi connectivity index (χ3n) is 5.03. The second kappa shape index (κ2) is 14.2. The average Bonchev–Trinajstić information content (AvgIpc) is 3.23. The highest BCUT2D eigenvalue weighted by atomic mass is 32.2. The van der Waals surface area contributed by atoms with Gasteiger partial charge < -0.3 is 31.5 Å². The second-order valence-electron chi connectivity index (χ2n) is 7.42. The zero-order valence-corrected chi connectivity index (χ0v) is 19.9. The van der Waals surface area contributed by atoms with Gasteiger partial charge in [0.05, 0.1) is 12.5 Å². The number of rotatable bonds is 14. The Hall–Kier alpha value is -1.99. The molecule has 1 heterocycles. The van der Waals surface area contributed by atoms with Crippen molar-refractivity contribution in [2.24, 2.45) is 5.73 Å². The van der Waals surface area contributed by atoms with Crippen LogP contribution in [-0.4, -0.2) is 99.5 Å². The highest BCUT2D eigenvalue weighted by Crippen LogP contribution is 2.20. The summed E-state index contributed by atoms with van der Waals surface area (Å²) in [4.78, 5) is 61.8. The molecule has 4 atom stereocenters. The third-order valence-corrected chi connectivity index (χ3v) is 6.31. The molecule has 182 valence electrons. The number of carbonyl (C=O) groups is 5. The first-order valence-electron chi connectivity index (χ1n) is 10.2. The predicted octanol–water partition coefficient (Wildman–Crippen LogP) is -0.660. The molecule has 11 nitrogen and oxygen atoms in total. The van der Waals surface area contributed by atoms with Crippen LogP contribution in [0.25, 0.3) is 0 Å². The number of thioether (sulfide) groups is 2. The molecule has 32 heavy (non-hydrogen) atoms. The summed E-state index contributed by atoms with van der Waals surface area (Å²) in [7, 11) is 0. The normalized spacial score (nSPS) is 18.5. The smallest absolute Gasteiger partial charge is 0.326 e. The Bertz CT molecular complexity index is 695. The number of nitrogens with two attached hydrogens (primary N) is 1. The lowest BCUT2D eigenvalue weighted by molar-refractivity contribution is -0.148. The van der Waals surface area contributed by atoms with Crippen molar-refractivity contribution in [2.45, 2.75) is 56.3 Å². The van der Waals surface area contributed by atoms with Gasteiger partial charge in [-0.3, -0.25) is 19.2 Å². The van der Waals surface area contributed by atoms with Crippen LogP contribution in [0.5, 0.6) is 0 Å². The molecule has 4 unspecified atom stereocenters. The fourth-order valence-electron chi connectivity index (χ4n) is 3.29. The molecule has 0 aromatic heterocycles. The first kappa shape index (κ1) is 28.0. The lowest BCUT2D eigenvalue weighted by atomic mass is 10.1. The molecule has 0 spiro atoms. The molecule has 0 radical (unpaired) electrons. The molecule has 3 amide bonds. The monoisotopic (exact) mass is 492 g/mol. The molecule has 1 aliphatic heterocycles. The van der Waals surface area contributed by atoms with E-state index in [2.05, 4.69) is 10.6 Å². The molecule has 0 bridgehead atoms. The van der Waals surface area contributed by atoms with E-state index in [4.69, 9.17) is 15.9 Å². The molecular formula is C19H32N4O7S2. The number of aliphatic carboxylic acids is 2. The van der Waals surface area contributed by atoms with Crippen LogP contribution in [0.4, 0.5) is 0 Å². The maximum absolute atomic E-state index is 13.2. The van der Waals surface area contributed by atoms with E-state index in [-0.39, 0.29) is 6.54 Å². The first-order chi connectivity index (χ1) is 15.1. The molecule has 6 N–H and O–H groups in total. The van der Waals surface area contributed by atoms with Crippen LogP contribution in [0.1, 0.15) is 32.1 Å². The van der Waals surface area contributed by atoms with Crippen LogP contribution in [0, 0.1) is 0 Å². The van der Waals surface area contributed by atoms with Crippen LogP contribution < -0.4 is 16.4 Å². The number of amides is 3. The van der Waals surface area contributed by atoms with Crippen LogP contribution in [-0.2, 0) is 24.0 Å². The van der Waals surface area contributed by atoms with Gasteiger partial charge in [-0.25, -0.2) is 4.79 Å². The van der Waals surface area contributed by atoms with Crippen molar-refractivity contribution >= 4 is 53.2 Å². The van der Waals surface area contributed by atoms with Gasteiger partial charge in [0.1, 0.15) is 18.1 Å². The summed E-state index contributed by atoms with van der Waals surface area (Å²) in [5.74, 6) is -3.14. The minimum Gasteiger partial charge on any atom is -0.481 e. The number of nitrogens with one attached hydrogen (secondary N) is 2. The minimum atomic E-state index is -1.60. The topological polar surface area (TPSA) is 179 Å². The van der Waals surface area contributed by atoms with Gasteiger partial charge in [-0.1, -0.05) is 0 Å². The van der Waals surface area contributed by atoms with Gasteiger partial charge in [-0.15, -0.1) is 0 Å². The second-order valence-corrected chi connectivity index (χ2v) is 9.39. The molecule has 0 saturated carbocycles. The Morgan fingerprint density at radius 3 is 2.22 bits per heavy atom. The largest absolute Gasteiger partial charge is 0.481 e. The van der Waals surface area contributed by atoms with Gasteiger partial charge >= 0.3 is 11.9 Å². The lowest BCUT2D eigenvalue weighted by Gasteiger charge is -2.29. The zero-order chi connectivity index (χ0) is 24.3. The van der Waals surface area contributed by atoms with E-state index in [9.17, 15) is 24.0 Å². The molecule has 1 rings (SSSR count). The molecule has 0 aliphatic carbocycles. The van der Waals surface area contributed by atoms with E-state index < -0.39 is 60.2 Å². The number of carboxylic acid groups (broad SMARTS) is 2. The summed E-state index contributed by atoms with van der Waals surface area (Å²) < 4.78 is 0. The fraction of sp³-hybridized carbons (Fsp3) is 0.737. The van der Waals surface area contributed by atoms with Crippen LogP contribution in [0.2, 0.25) is 0 Å². The molecule has 1 saturated heterocycles. The van der Waals surface area contributed by atoms with E-state index in [1.54, 1.807) is 11.8 Å². The predicted molar refractivity (Wildman–Crippen MR) is 122 cm³/mol. The number of likely N-dealkylation sites (tertiary alicyclic amines) is 1. The Kier molecular flexibility index (Phi) is 12.5. The van der Waals surface area contributed by atoms with Crippen molar-refractivity contribution in [3.05, 3.63) is 0 Å². The van der Waals surface area contributed by atoms with E-state index >= 15 is 0 Å². The Morgan fingerprint density at radius 2 is 1.66 bits per heavy atom. The molecule has 0 aromatic rings. The summed E-state index contributed by atoms with van der Waals surface area (Å²) >= 11 is 3.07. The van der Waals surface area contributed by atoms with Gasteiger partial charge in [0.25, 0.3) is 0 Å². The van der Waals surface area contributed by atoms with Crippen molar-refractivity contribution in [2.75, 3.05) is 30.6 Å². The number of nitrogens with zero attached hydrogens (tertiary/aromatic N) is 1. The van der Waals surface area contributed by atoms with Crippen molar-refractivity contribution < 1.29 is 34.2 Å². The van der Waals surface area contributed by atoms with Gasteiger partial charge in [0.2, 0.25) is 17.7 Å². The van der Waals surface area contributed by atoms with Crippen molar-refractivity contribution in [3.63, 3.8) is 0 Å². The Balaban J connectivity index is 2.90. The summed E-state index contributed by atoms with van der Waals surface area (Å²) in [6.45, 7) is 0.276. The van der Waals surface area contributed by atoms with Crippen LogP contribution >= 0.6 is 23.5 Å². The summed E-state index contributed by atoms with van der Waals surface area (Å²) in [5, 5.41) is 22.9. The molecule has 1 fully saturated rings. The molecular weight excluding hydrogens is 460 g/mol. The van der Waals surface area contributed by atoms with Crippen molar-refractivity contribution in [1.82, 2.24) is 15.5 Å². The summed E-state index contributed by atoms with van der Waals surface area (Å²) in [6, 6.07) is -4.15. The van der Waals surface area contributed by atoms with Gasteiger partial charge in [-0.2, -0.15) is 23.5 Å². The lowest BCUT2D eigenvalue weighted by Crippen LogP contribution is -2.57. The number of carbonyl (C=O) groups excluding carboxylic acids is 3. The zero-order valence-electron chi connectivity index (χ0n) is 18.2. The minimum absolute atomic E-state index is 0.276. The Morgan fingerprint density at radius 1 is 1.03 bits per heavy atom. The maximum atomic E-state index is 13.2. The highest BCUT2D eigenvalue weighted by Gasteiger charge is 2.39. The SMILES string of the molecule is CSCCC(N)C(=O)NC(CCSC)C(=O)N1CCCC1C(=O)NC(CC(=O)O)C(=O)O. The maximum Gasteiger partial charge on any atom is 0.326 e. The average molecular weight is 493 g/mol. The van der Waals surface area contributed by atoms with E-state index in [1.165, 1.54) is 16.7 Å². The molecule has 13 heteroatoms. The summed E-state index contributed by atoms with van der Waals surface area (Å²) in [5.41, 5.74) is 5.91. The first-order valence-corrected chi connectivity index (χ1v) is 13.0. The summed E-state index contributed by atoms with van der Waals surface area (Å²) in [6.07, 6.45) is 4.65. The quantitative estimate of drug-likeness (QED) is 0.209. The fourth-order valence-corrected chi connectivity index (χ4v) is 4.25. The van der Waals surface area contributed by atoms with Gasteiger partial charge in [0.15, 0.2) is 0 Å². The van der Waals surface area contributed by atoms with Crippen molar-refractivity contribution in [3.8, 4) is 0 Å². The highest BCUT2D eigenvalue weighted by molar-refractivity contribution is 7.98. The molecule has 0 aromatic carbocycles. The standard InChI is InChI=1S/C19H32N4O7S2/c1-31-8-5-11(20)16(26)21-12(6-9-32-2)18(28)23-7-3-4-14(23)17(27)22-13(19(29)30)10-15(24)25/h11-14H,3-10,20H2,1-2H3,(H,21,26)(H,22,27)(H,24,25)(H,29,30).